The van der Waals surface area contributed by atoms with E-state index in [1.165, 1.54) is 59.2 Å². The number of thiazole rings is 1. The Morgan fingerprint density at radius 1 is 1.06 bits per heavy atom. The van der Waals surface area contributed by atoms with Gasteiger partial charge in [0.15, 0.2) is 5.13 Å². The summed E-state index contributed by atoms with van der Waals surface area (Å²) < 4.78 is 27.8. The zero-order chi connectivity index (χ0) is 23.6. The highest BCUT2D eigenvalue weighted by Gasteiger charge is 2.20. The fourth-order valence-electron chi connectivity index (χ4n) is 2.75. The molecule has 0 aliphatic carbocycles. The molecule has 4 rings (SSSR count). The summed E-state index contributed by atoms with van der Waals surface area (Å²) in [5.41, 5.74) is 0.648. The first-order valence-electron chi connectivity index (χ1n) is 9.10. The number of amides is 1. The average molecular weight is 521 g/mol. The van der Waals surface area contributed by atoms with Crippen molar-refractivity contribution in [2.75, 3.05) is 10.0 Å². The SMILES string of the molecule is O=C(Nc1nc(-c2cc([N+](=O)[O-])cs2)cs1)c1ccccc1NS(=O)(=O)c1ccc(Cl)cc1. The number of aromatic nitrogens is 1. The Bertz CT molecular complexity index is 1450. The van der Waals surface area contributed by atoms with E-state index < -0.39 is 20.9 Å². The maximum Gasteiger partial charge on any atom is 0.280 e. The lowest BCUT2D eigenvalue weighted by atomic mass is 10.2. The van der Waals surface area contributed by atoms with Crippen molar-refractivity contribution >= 4 is 66.7 Å². The quantitative estimate of drug-likeness (QED) is 0.245. The van der Waals surface area contributed by atoms with E-state index in [0.29, 0.717) is 15.6 Å². The number of rotatable bonds is 7. The first-order chi connectivity index (χ1) is 15.7. The predicted octanol–water partition coefficient (Wildman–Crippen LogP) is 5.49. The molecular weight excluding hydrogens is 508 g/mol. The van der Waals surface area contributed by atoms with Crippen LogP contribution in [0.5, 0.6) is 0 Å². The molecule has 13 heteroatoms. The van der Waals surface area contributed by atoms with Crippen LogP contribution in [0.25, 0.3) is 10.6 Å². The van der Waals surface area contributed by atoms with Gasteiger partial charge in [-0.05, 0) is 36.4 Å². The molecule has 1 amide bonds. The van der Waals surface area contributed by atoms with E-state index in [2.05, 4.69) is 15.0 Å². The minimum absolute atomic E-state index is 0.00304. The largest absolute Gasteiger partial charge is 0.298 e. The Morgan fingerprint density at radius 2 is 1.79 bits per heavy atom. The van der Waals surface area contributed by atoms with Gasteiger partial charge in [-0.25, -0.2) is 13.4 Å². The Balaban J connectivity index is 1.53. The van der Waals surface area contributed by atoms with E-state index in [1.807, 2.05) is 0 Å². The molecule has 0 saturated heterocycles. The molecule has 0 saturated carbocycles. The zero-order valence-electron chi connectivity index (χ0n) is 16.4. The number of thiophene rings is 1. The molecule has 0 spiro atoms. The van der Waals surface area contributed by atoms with Gasteiger partial charge in [0.2, 0.25) is 0 Å². The lowest BCUT2D eigenvalue weighted by Gasteiger charge is -2.12. The molecule has 2 heterocycles. The summed E-state index contributed by atoms with van der Waals surface area (Å²) in [6, 6.07) is 13.2. The van der Waals surface area contributed by atoms with Crippen molar-refractivity contribution in [1.29, 1.82) is 0 Å². The van der Waals surface area contributed by atoms with Crippen molar-refractivity contribution in [2.45, 2.75) is 4.90 Å². The van der Waals surface area contributed by atoms with Crippen LogP contribution >= 0.6 is 34.3 Å². The van der Waals surface area contributed by atoms with Gasteiger partial charge in [0.25, 0.3) is 21.6 Å². The van der Waals surface area contributed by atoms with Gasteiger partial charge < -0.3 is 0 Å². The Morgan fingerprint density at radius 3 is 2.48 bits per heavy atom. The Labute approximate surface area is 200 Å². The van der Waals surface area contributed by atoms with Crippen LogP contribution < -0.4 is 10.0 Å². The van der Waals surface area contributed by atoms with Gasteiger partial charge in [-0.3, -0.25) is 24.9 Å². The standard InChI is InChI=1S/C20H13ClN4O5S3/c21-12-5-7-14(8-6-12)33(29,30)24-16-4-2-1-3-15(16)19(26)23-20-22-17(11-32-20)18-9-13(10-31-18)25(27)28/h1-11,24H,(H,22,23,26). The van der Waals surface area contributed by atoms with Crippen LogP contribution in [0.15, 0.2) is 70.3 Å². The van der Waals surface area contributed by atoms with Crippen LogP contribution in [0.3, 0.4) is 0 Å². The number of para-hydroxylation sites is 1. The smallest absolute Gasteiger partial charge is 0.280 e. The number of halogens is 1. The third-order valence-corrected chi connectivity index (χ3v) is 7.64. The van der Waals surface area contributed by atoms with E-state index in [0.717, 1.165) is 11.3 Å². The Kier molecular flexibility index (Phi) is 6.42. The average Bonchev–Trinajstić information content (AvgIpc) is 3.44. The molecule has 4 aromatic rings. The molecule has 0 unspecified atom stereocenters. The number of carbonyl (C=O) groups is 1. The number of anilines is 2. The number of sulfonamides is 1. The Hall–Kier alpha value is -3.32. The fraction of sp³-hybridized carbons (Fsp3) is 0. The molecule has 2 aromatic carbocycles. The van der Waals surface area contributed by atoms with Crippen molar-refractivity contribution in [2.24, 2.45) is 0 Å². The maximum absolute atomic E-state index is 12.9. The molecule has 0 atom stereocenters. The number of nitrogens with zero attached hydrogens (tertiary/aromatic N) is 2. The van der Waals surface area contributed by atoms with Crippen molar-refractivity contribution < 1.29 is 18.1 Å². The zero-order valence-corrected chi connectivity index (χ0v) is 19.6. The van der Waals surface area contributed by atoms with Gasteiger partial charge in [0, 0.05) is 16.5 Å². The fourth-order valence-corrected chi connectivity index (χ4v) is 5.55. The first-order valence-corrected chi connectivity index (χ1v) is 12.7. The van der Waals surface area contributed by atoms with Crippen LogP contribution in [-0.4, -0.2) is 24.2 Å². The van der Waals surface area contributed by atoms with Crippen LogP contribution in [0, 0.1) is 10.1 Å². The van der Waals surface area contributed by atoms with Gasteiger partial charge in [-0.2, -0.15) is 0 Å². The topological polar surface area (TPSA) is 131 Å². The van der Waals surface area contributed by atoms with Crippen molar-refractivity contribution in [3.8, 4) is 10.6 Å². The number of hydrogen-bond acceptors (Lipinski definition) is 8. The maximum atomic E-state index is 12.9. The third kappa shape index (κ3) is 5.20. The summed E-state index contributed by atoms with van der Waals surface area (Å²) in [4.78, 5) is 28.1. The minimum atomic E-state index is -3.95. The second kappa shape index (κ2) is 9.27. The van der Waals surface area contributed by atoms with Gasteiger partial charge in [0.05, 0.1) is 37.0 Å². The van der Waals surface area contributed by atoms with Crippen LogP contribution in [-0.2, 0) is 10.0 Å². The second-order valence-electron chi connectivity index (χ2n) is 6.52. The van der Waals surface area contributed by atoms with E-state index in [9.17, 15) is 23.3 Å². The number of nitrogens with one attached hydrogen (secondary N) is 2. The molecule has 0 bridgehead atoms. The van der Waals surface area contributed by atoms with E-state index >= 15 is 0 Å². The highest BCUT2D eigenvalue weighted by molar-refractivity contribution is 7.92. The molecular formula is C20H13ClN4O5S3. The molecule has 0 radical (unpaired) electrons. The van der Waals surface area contributed by atoms with Crippen molar-refractivity contribution in [3.05, 3.63) is 86.1 Å². The number of carbonyl (C=O) groups excluding carboxylic acids is 1. The van der Waals surface area contributed by atoms with Gasteiger partial charge in [-0.1, -0.05) is 23.7 Å². The lowest BCUT2D eigenvalue weighted by Crippen LogP contribution is -2.18. The molecule has 0 fully saturated rings. The molecule has 2 N–H and O–H groups in total. The summed E-state index contributed by atoms with van der Waals surface area (Å²) in [7, 11) is -3.95. The number of benzene rings is 2. The van der Waals surface area contributed by atoms with E-state index in [1.54, 1.807) is 17.5 Å². The summed E-state index contributed by atoms with van der Waals surface area (Å²) >= 11 is 8.14. The summed E-state index contributed by atoms with van der Waals surface area (Å²) in [5.74, 6) is -0.567. The van der Waals surface area contributed by atoms with Crippen LogP contribution in [0.1, 0.15) is 10.4 Å². The number of nitro groups is 1. The second-order valence-corrected chi connectivity index (χ2v) is 10.4. The predicted molar refractivity (Wildman–Crippen MR) is 129 cm³/mol. The lowest BCUT2D eigenvalue weighted by molar-refractivity contribution is -0.384. The first kappa shape index (κ1) is 22.9. The van der Waals surface area contributed by atoms with Gasteiger partial charge in [-0.15, -0.1) is 22.7 Å². The van der Waals surface area contributed by atoms with Gasteiger partial charge in [0.1, 0.15) is 0 Å². The molecule has 33 heavy (non-hydrogen) atoms. The molecule has 0 aliphatic heterocycles. The molecule has 168 valence electrons. The van der Waals surface area contributed by atoms with Crippen molar-refractivity contribution in [1.82, 2.24) is 4.98 Å². The van der Waals surface area contributed by atoms with Crippen LogP contribution in [0.4, 0.5) is 16.5 Å². The number of hydrogen-bond donors (Lipinski definition) is 2. The van der Waals surface area contributed by atoms with Gasteiger partial charge >= 0.3 is 0 Å². The summed E-state index contributed by atoms with van der Waals surface area (Å²) in [6.45, 7) is 0. The van der Waals surface area contributed by atoms with Crippen molar-refractivity contribution in [3.63, 3.8) is 0 Å². The highest BCUT2D eigenvalue weighted by Crippen LogP contribution is 2.33. The highest BCUT2D eigenvalue weighted by atomic mass is 35.5. The van der Waals surface area contributed by atoms with E-state index in [-0.39, 0.29) is 27.0 Å². The molecule has 0 aliphatic rings. The van der Waals surface area contributed by atoms with Crippen LogP contribution in [0.2, 0.25) is 5.02 Å². The normalized spacial score (nSPS) is 11.2. The van der Waals surface area contributed by atoms with E-state index in [4.69, 9.17) is 11.6 Å². The molecule has 2 aromatic heterocycles. The summed E-state index contributed by atoms with van der Waals surface area (Å²) in [6.07, 6.45) is 0. The summed E-state index contributed by atoms with van der Waals surface area (Å²) in [5, 5.41) is 17.3. The third-order valence-electron chi connectivity index (χ3n) is 4.31. The minimum Gasteiger partial charge on any atom is -0.298 e. The monoisotopic (exact) mass is 520 g/mol. The molecule has 9 nitrogen and oxygen atoms in total.